The number of halogens is 1. The van der Waals surface area contributed by atoms with Gasteiger partial charge in [-0.15, -0.1) is 0 Å². The first-order valence-electron chi connectivity index (χ1n) is 4.96. The fraction of sp³-hybridized carbons (Fsp3) is 0.273. The van der Waals surface area contributed by atoms with Gasteiger partial charge in [-0.25, -0.2) is 10.2 Å². The van der Waals surface area contributed by atoms with Crippen molar-refractivity contribution >= 4 is 28.2 Å². The maximum Gasteiger partial charge on any atom is 0.427 e. The van der Waals surface area contributed by atoms with Gasteiger partial charge in [0.05, 0.1) is 19.9 Å². The average molecular weight is 301 g/mol. The van der Waals surface area contributed by atoms with Crippen molar-refractivity contribution in [3.05, 3.63) is 28.2 Å². The van der Waals surface area contributed by atoms with Crippen LogP contribution in [0.15, 0.2) is 27.8 Å². The Morgan fingerprint density at radius 3 is 3.00 bits per heavy atom. The van der Waals surface area contributed by atoms with Crippen LogP contribution in [0.5, 0.6) is 5.75 Å². The third-order valence-corrected chi connectivity index (χ3v) is 2.32. The molecular formula is C11H13BrN2O3. The molecule has 17 heavy (non-hydrogen) atoms. The van der Waals surface area contributed by atoms with E-state index in [1.165, 1.54) is 6.21 Å². The van der Waals surface area contributed by atoms with E-state index in [2.05, 4.69) is 31.2 Å². The standard InChI is InChI=1S/C11H13BrN2O3/c1-3-17-11(15)14-13-7-8-6-9(12)4-5-10(8)16-2/h4-7H,3H2,1-2H3,(H,14,15)/b13-7+. The third kappa shape index (κ3) is 4.44. The molecule has 1 rings (SSSR count). The number of amides is 1. The molecule has 1 aromatic carbocycles. The molecule has 6 heteroatoms. The summed E-state index contributed by atoms with van der Waals surface area (Å²) in [5, 5.41) is 3.76. The number of benzene rings is 1. The summed E-state index contributed by atoms with van der Waals surface area (Å²) in [4.78, 5) is 11.0. The Labute approximate surface area is 108 Å². The summed E-state index contributed by atoms with van der Waals surface area (Å²) in [5.41, 5.74) is 2.99. The molecule has 0 unspecified atom stereocenters. The van der Waals surface area contributed by atoms with E-state index in [0.717, 1.165) is 10.0 Å². The molecule has 0 aliphatic carbocycles. The number of hydrazone groups is 1. The first kappa shape index (κ1) is 13.5. The van der Waals surface area contributed by atoms with Crippen LogP contribution in [-0.2, 0) is 4.74 Å². The van der Waals surface area contributed by atoms with E-state index in [9.17, 15) is 4.79 Å². The average Bonchev–Trinajstić information content (AvgIpc) is 2.30. The van der Waals surface area contributed by atoms with Crippen LogP contribution in [0, 0.1) is 0 Å². The summed E-state index contributed by atoms with van der Waals surface area (Å²) in [5.74, 6) is 0.669. The minimum absolute atomic E-state index is 0.307. The second kappa shape index (κ2) is 6.90. The topological polar surface area (TPSA) is 59.9 Å². The Bertz CT molecular complexity index is 421. The van der Waals surface area contributed by atoms with Gasteiger partial charge < -0.3 is 9.47 Å². The number of carbonyl (C=O) groups excluding carboxylic acids is 1. The van der Waals surface area contributed by atoms with E-state index in [0.29, 0.717) is 12.4 Å². The van der Waals surface area contributed by atoms with Crippen molar-refractivity contribution in [2.45, 2.75) is 6.92 Å². The van der Waals surface area contributed by atoms with Crippen molar-refractivity contribution in [1.82, 2.24) is 5.43 Å². The van der Waals surface area contributed by atoms with Crippen LogP contribution in [0.2, 0.25) is 0 Å². The van der Waals surface area contributed by atoms with Crippen molar-refractivity contribution in [2.75, 3.05) is 13.7 Å². The molecule has 0 saturated carbocycles. The monoisotopic (exact) mass is 300 g/mol. The lowest BCUT2D eigenvalue weighted by molar-refractivity contribution is 0.152. The second-order valence-electron chi connectivity index (χ2n) is 2.98. The molecular weight excluding hydrogens is 288 g/mol. The zero-order chi connectivity index (χ0) is 12.7. The number of rotatable bonds is 4. The molecule has 5 nitrogen and oxygen atoms in total. The molecule has 0 aliphatic heterocycles. The van der Waals surface area contributed by atoms with E-state index in [-0.39, 0.29) is 0 Å². The second-order valence-corrected chi connectivity index (χ2v) is 3.89. The molecule has 1 aromatic rings. The van der Waals surface area contributed by atoms with Crippen LogP contribution in [0.4, 0.5) is 4.79 Å². The molecule has 0 fully saturated rings. The Morgan fingerprint density at radius 1 is 1.59 bits per heavy atom. The molecule has 0 spiro atoms. The summed E-state index contributed by atoms with van der Waals surface area (Å²) in [7, 11) is 1.57. The first-order valence-corrected chi connectivity index (χ1v) is 5.76. The van der Waals surface area contributed by atoms with E-state index in [1.807, 2.05) is 12.1 Å². The molecule has 0 aromatic heterocycles. The molecule has 0 heterocycles. The van der Waals surface area contributed by atoms with Gasteiger partial charge in [-0.2, -0.15) is 5.10 Å². The number of ether oxygens (including phenoxy) is 2. The van der Waals surface area contributed by atoms with Crippen LogP contribution in [0.25, 0.3) is 0 Å². The fourth-order valence-electron chi connectivity index (χ4n) is 1.12. The van der Waals surface area contributed by atoms with Crippen LogP contribution in [-0.4, -0.2) is 26.0 Å². The minimum Gasteiger partial charge on any atom is -0.496 e. The zero-order valence-corrected chi connectivity index (χ0v) is 11.2. The predicted octanol–water partition coefficient (Wildman–Crippen LogP) is 2.54. The first-order chi connectivity index (χ1) is 8.17. The van der Waals surface area contributed by atoms with Gasteiger partial charge in [0.25, 0.3) is 0 Å². The molecule has 92 valence electrons. The minimum atomic E-state index is -0.585. The molecule has 0 radical (unpaired) electrons. The smallest absolute Gasteiger partial charge is 0.427 e. The quantitative estimate of drug-likeness (QED) is 0.686. The fourth-order valence-corrected chi connectivity index (χ4v) is 1.50. The summed E-state index contributed by atoms with van der Waals surface area (Å²) >= 11 is 3.34. The Hall–Kier alpha value is -1.56. The summed E-state index contributed by atoms with van der Waals surface area (Å²) in [6, 6.07) is 5.49. The van der Waals surface area contributed by atoms with Gasteiger partial charge in [0.2, 0.25) is 0 Å². The molecule has 0 aliphatic rings. The third-order valence-electron chi connectivity index (χ3n) is 1.83. The highest BCUT2D eigenvalue weighted by atomic mass is 79.9. The van der Waals surface area contributed by atoms with E-state index < -0.39 is 6.09 Å². The Balaban J connectivity index is 2.70. The van der Waals surface area contributed by atoms with E-state index in [1.54, 1.807) is 20.1 Å². The van der Waals surface area contributed by atoms with Gasteiger partial charge in [-0.3, -0.25) is 0 Å². The lowest BCUT2D eigenvalue weighted by Crippen LogP contribution is -2.18. The van der Waals surface area contributed by atoms with Crippen LogP contribution in [0.3, 0.4) is 0 Å². The Morgan fingerprint density at radius 2 is 2.35 bits per heavy atom. The number of hydrogen-bond donors (Lipinski definition) is 1. The van der Waals surface area contributed by atoms with Crippen molar-refractivity contribution in [3.63, 3.8) is 0 Å². The Kier molecular flexibility index (Phi) is 5.48. The highest BCUT2D eigenvalue weighted by Crippen LogP contribution is 2.21. The highest BCUT2D eigenvalue weighted by molar-refractivity contribution is 9.10. The van der Waals surface area contributed by atoms with Crippen LogP contribution < -0.4 is 10.2 Å². The number of methoxy groups -OCH3 is 1. The summed E-state index contributed by atoms with van der Waals surface area (Å²) in [6.45, 7) is 2.03. The molecule has 0 saturated heterocycles. The lowest BCUT2D eigenvalue weighted by Gasteiger charge is -2.04. The molecule has 0 bridgehead atoms. The maximum absolute atomic E-state index is 11.0. The van der Waals surface area contributed by atoms with Crippen LogP contribution in [0.1, 0.15) is 12.5 Å². The highest BCUT2D eigenvalue weighted by Gasteiger charge is 2.01. The SMILES string of the molecule is CCOC(=O)N/N=C/c1cc(Br)ccc1OC. The number of hydrogen-bond acceptors (Lipinski definition) is 4. The lowest BCUT2D eigenvalue weighted by atomic mass is 10.2. The van der Waals surface area contributed by atoms with Crippen molar-refractivity contribution in [3.8, 4) is 5.75 Å². The number of nitrogens with one attached hydrogen (secondary N) is 1. The maximum atomic E-state index is 11.0. The zero-order valence-electron chi connectivity index (χ0n) is 9.57. The molecule has 1 N–H and O–H groups in total. The van der Waals surface area contributed by atoms with Gasteiger partial charge in [-0.1, -0.05) is 15.9 Å². The van der Waals surface area contributed by atoms with E-state index >= 15 is 0 Å². The van der Waals surface area contributed by atoms with Gasteiger partial charge in [-0.05, 0) is 25.1 Å². The van der Waals surface area contributed by atoms with Gasteiger partial charge >= 0.3 is 6.09 Å². The van der Waals surface area contributed by atoms with Crippen molar-refractivity contribution in [2.24, 2.45) is 5.10 Å². The summed E-state index contributed by atoms with van der Waals surface area (Å²) < 4.78 is 10.7. The van der Waals surface area contributed by atoms with Gasteiger partial charge in [0, 0.05) is 10.0 Å². The van der Waals surface area contributed by atoms with Gasteiger partial charge in [0.15, 0.2) is 0 Å². The van der Waals surface area contributed by atoms with Gasteiger partial charge in [0.1, 0.15) is 5.75 Å². The normalized spacial score (nSPS) is 10.3. The predicted molar refractivity (Wildman–Crippen MR) is 68.4 cm³/mol. The number of carbonyl (C=O) groups is 1. The molecule has 1 amide bonds. The number of nitrogens with zero attached hydrogens (tertiary/aromatic N) is 1. The molecule has 0 atom stereocenters. The van der Waals surface area contributed by atoms with Crippen molar-refractivity contribution < 1.29 is 14.3 Å². The summed E-state index contributed by atoms with van der Waals surface area (Å²) in [6.07, 6.45) is 0.901. The van der Waals surface area contributed by atoms with Crippen molar-refractivity contribution in [1.29, 1.82) is 0 Å². The largest absolute Gasteiger partial charge is 0.496 e. The van der Waals surface area contributed by atoms with Crippen LogP contribution >= 0.6 is 15.9 Å². The van der Waals surface area contributed by atoms with E-state index in [4.69, 9.17) is 4.74 Å².